The standard InChI is InChI=1S/C10H9FN4/c1-8-6-9(7-13-10(8)11)4-2-3-5-14-15-12/h6-7H,3,5H2,1H3. The first-order valence-corrected chi connectivity index (χ1v) is 4.36. The van der Waals surface area contributed by atoms with Crippen molar-refractivity contribution in [1.82, 2.24) is 4.98 Å². The van der Waals surface area contributed by atoms with Crippen LogP contribution in [0, 0.1) is 24.7 Å². The fourth-order valence-electron chi connectivity index (χ4n) is 0.942. The van der Waals surface area contributed by atoms with Crippen molar-refractivity contribution in [2.45, 2.75) is 13.3 Å². The first kappa shape index (κ1) is 11.0. The molecule has 1 rings (SSSR count). The molecule has 0 amide bonds. The first-order chi connectivity index (χ1) is 7.24. The molecule has 0 atom stereocenters. The molecule has 1 aromatic rings. The van der Waals surface area contributed by atoms with E-state index < -0.39 is 5.95 Å². The molecule has 0 N–H and O–H groups in total. The highest BCUT2D eigenvalue weighted by Gasteiger charge is 1.97. The molecule has 4 nitrogen and oxygen atoms in total. The molecular formula is C10H9FN4. The van der Waals surface area contributed by atoms with E-state index in [0.29, 0.717) is 24.1 Å². The molecule has 0 fully saturated rings. The molecule has 0 aliphatic carbocycles. The predicted molar refractivity (Wildman–Crippen MR) is 54.4 cm³/mol. The van der Waals surface area contributed by atoms with Crippen LogP contribution in [0.25, 0.3) is 10.4 Å². The average Bonchev–Trinajstić information content (AvgIpc) is 2.23. The maximum atomic E-state index is 12.8. The van der Waals surface area contributed by atoms with Gasteiger partial charge in [-0.05, 0) is 18.5 Å². The Hall–Kier alpha value is -2.05. The minimum Gasteiger partial charge on any atom is -0.227 e. The second kappa shape index (κ2) is 5.63. The van der Waals surface area contributed by atoms with Crippen molar-refractivity contribution in [3.8, 4) is 11.8 Å². The van der Waals surface area contributed by atoms with E-state index in [0.717, 1.165) is 0 Å². The molecule has 0 saturated heterocycles. The lowest BCUT2D eigenvalue weighted by atomic mass is 10.2. The van der Waals surface area contributed by atoms with Crippen LogP contribution in [0.15, 0.2) is 17.4 Å². The van der Waals surface area contributed by atoms with Crippen LogP contribution in [0.4, 0.5) is 4.39 Å². The fraction of sp³-hybridized carbons (Fsp3) is 0.300. The second-order valence-corrected chi connectivity index (χ2v) is 2.84. The quantitative estimate of drug-likeness (QED) is 0.182. The summed E-state index contributed by atoms with van der Waals surface area (Å²) in [6, 6.07) is 1.63. The number of pyridine rings is 1. The second-order valence-electron chi connectivity index (χ2n) is 2.84. The Morgan fingerprint density at radius 1 is 1.67 bits per heavy atom. The van der Waals surface area contributed by atoms with Gasteiger partial charge in [-0.2, -0.15) is 4.39 Å². The van der Waals surface area contributed by atoms with Gasteiger partial charge < -0.3 is 0 Å². The lowest BCUT2D eigenvalue weighted by molar-refractivity contribution is 0.574. The number of aromatic nitrogens is 1. The van der Waals surface area contributed by atoms with Crippen molar-refractivity contribution in [2.75, 3.05) is 6.54 Å². The van der Waals surface area contributed by atoms with Gasteiger partial charge >= 0.3 is 0 Å². The number of azide groups is 1. The van der Waals surface area contributed by atoms with Gasteiger partial charge in [-0.25, -0.2) is 4.98 Å². The van der Waals surface area contributed by atoms with Gasteiger partial charge in [-0.3, -0.25) is 0 Å². The van der Waals surface area contributed by atoms with E-state index in [-0.39, 0.29) is 0 Å². The summed E-state index contributed by atoms with van der Waals surface area (Å²) in [5.41, 5.74) is 9.14. The number of nitrogens with zero attached hydrogens (tertiary/aromatic N) is 4. The minimum absolute atomic E-state index is 0.344. The summed E-state index contributed by atoms with van der Waals surface area (Å²) in [5, 5.41) is 3.34. The predicted octanol–water partition coefficient (Wildman–Crippen LogP) is 2.58. The summed E-state index contributed by atoms with van der Waals surface area (Å²) < 4.78 is 12.8. The van der Waals surface area contributed by atoms with E-state index >= 15 is 0 Å². The maximum absolute atomic E-state index is 12.8. The molecule has 15 heavy (non-hydrogen) atoms. The zero-order valence-electron chi connectivity index (χ0n) is 8.24. The van der Waals surface area contributed by atoms with Gasteiger partial charge in [0.15, 0.2) is 0 Å². The molecule has 5 heteroatoms. The summed E-state index contributed by atoms with van der Waals surface area (Å²) in [6.07, 6.45) is 1.86. The summed E-state index contributed by atoms with van der Waals surface area (Å²) >= 11 is 0. The molecule has 0 aliphatic heterocycles. The molecule has 0 unspecified atom stereocenters. The van der Waals surface area contributed by atoms with Crippen molar-refractivity contribution < 1.29 is 4.39 Å². The molecule has 1 aromatic heterocycles. The van der Waals surface area contributed by atoms with Crippen molar-refractivity contribution in [3.05, 3.63) is 39.8 Å². The zero-order valence-corrected chi connectivity index (χ0v) is 8.24. The topological polar surface area (TPSA) is 61.7 Å². The molecule has 1 heterocycles. The molecule has 0 spiro atoms. The molecule has 0 aliphatic rings. The van der Waals surface area contributed by atoms with Crippen molar-refractivity contribution in [3.63, 3.8) is 0 Å². The van der Waals surface area contributed by atoms with E-state index in [4.69, 9.17) is 5.53 Å². The van der Waals surface area contributed by atoms with Gasteiger partial charge in [0, 0.05) is 35.2 Å². The SMILES string of the molecule is Cc1cc(C#CCCN=[N+]=[N-])cnc1F. The van der Waals surface area contributed by atoms with E-state index in [1.165, 1.54) is 6.20 Å². The van der Waals surface area contributed by atoms with Gasteiger partial charge in [0.2, 0.25) is 5.95 Å². The van der Waals surface area contributed by atoms with Gasteiger partial charge in [0.1, 0.15) is 0 Å². The molecule has 0 aromatic carbocycles. The molecular weight excluding hydrogens is 195 g/mol. The summed E-state index contributed by atoms with van der Waals surface area (Å²) in [6.45, 7) is 1.98. The van der Waals surface area contributed by atoms with Crippen LogP contribution >= 0.6 is 0 Å². The highest BCUT2D eigenvalue weighted by Crippen LogP contribution is 2.04. The zero-order chi connectivity index (χ0) is 11.1. The Morgan fingerprint density at radius 3 is 3.13 bits per heavy atom. The van der Waals surface area contributed by atoms with Crippen molar-refractivity contribution >= 4 is 0 Å². The van der Waals surface area contributed by atoms with E-state index in [9.17, 15) is 4.39 Å². The highest BCUT2D eigenvalue weighted by molar-refractivity contribution is 5.34. The maximum Gasteiger partial charge on any atom is 0.215 e. The van der Waals surface area contributed by atoms with Gasteiger partial charge in [0.25, 0.3) is 0 Å². The number of halogens is 1. The van der Waals surface area contributed by atoms with Crippen LogP contribution in [0.5, 0.6) is 0 Å². The highest BCUT2D eigenvalue weighted by atomic mass is 19.1. The van der Waals surface area contributed by atoms with Crippen LogP contribution in [0.3, 0.4) is 0 Å². The Kier molecular flexibility index (Phi) is 4.14. The van der Waals surface area contributed by atoms with Crippen molar-refractivity contribution in [2.24, 2.45) is 5.11 Å². The fourth-order valence-corrected chi connectivity index (χ4v) is 0.942. The Bertz CT molecular complexity index is 452. The smallest absolute Gasteiger partial charge is 0.215 e. The van der Waals surface area contributed by atoms with E-state index in [2.05, 4.69) is 26.9 Å². The summed E-state index contributed by atoms with van der Waals surface area (Å²) in [7, 11) is 0. The van der Waals surface area contributed by atoms with Crippen LogP contribution < -0.4 is 0 Å². The third-order valence-electron chi connectivity index (χ3n) is 1.65. The number of hydrogen-bond acceptors (Lipinski definition) is 2. The number of rotatable bonds is 2. The van der Waals surface area contributed by atoms with Gasteiger partial charge in [0.05, 0.1) is 0 Å². The van der Waals surface area contributed by atoms with Crippen LogP contribution in [0.1, 0.15) is 17.5 Å². The third kappa shape index (κ3) is 3.67. The van der Waals surface area contributed by atoms with Gasteiger partial charge in [-0.1, -0.05) is 17.0 Å². The van der Waals surface area contributed by atoms with E-state index in [1.54, 1.807) is 13.0 Å². The number of aryl methyl sites for hydroxylation is 1. The van der Waals surface area contributed by atoms with Crippen molar-refractivity contribution in [1.29, 1.82) is 0 Å². The lowest BCUT2D eigenvalue weighted by Crippen LogP contribution is -1.88. The Morgan fingerprint density at radius 2 is 2.47 bits per heavy atom. The largest absolute Gasteiger partial charge is 0.227 e. The lowest BCUT2D eigenvalue weighted by Gasteiger charge is -1.94. The Balaban J connectivity index is 2.64. The summed E-state index contributed by atoms with van der Waals surface area (Å²) in [4.78, 5) is 6.14. The van der Waals surface area contributed by atoms with Crippen LogP contribution in [-0.2, 0) is 0 Å². The van der Waals surface area contributed by atoms with Gasteiger partial charge in [-0.15, -0.1) is 0 Å². The number of hydrogen-bond donors (Lipinski definition) is 0. The minimum atomic E-state index is -0.477. The Labute approximate surface area is 86.8 Å². The molecule has 76 valence electrons. The molecule has 0 bridgehead atoms. The van der Waals surface area contributed by atoms with Crippen LogP contribution in [0.2, 0.25) is 0 Å². The molecule has 0 saturated carbocycles. The van der Waals surface area contributed by atoms with E-state index in [1.807, 2.05) is 0 Å². The third-order valence-corrected chi connectivity index (χ3v) is 1.65. The van der Waals surface area contributed by atoms with Crippen LogP contribution in [-0.4, -0.2) is 11.5 Å². The average molecular weight is 204 g/mol. The first-order valence-electron chi connectivity index (χ1n) is 4.36. The molecule has 0 radical (unpaired) electrons. The normalized spacial score (nSPS) is 8.67. The monoisotopic (exact) mass is 204 g/mol. The summed E-state index contributed by atoms with van der Waals surface area (Å²) in [5.74, 6) is 5.14.